The highest BCUT2D eigenvalue weighted by Gasteiger charge is 2.23. The lowest BCUT2D eigenvalue weighted by Gasteiger charge is -2.29. The second-order valence-corrected chi connectivity index (χ2v) is 9.48. The van der Waals surface area contributed by atoms with Gasteiger partial charge in [-0.25, -0.2) is 0 Å². The molecule has 40 heavy (non-hydrogen) atoms. The van der Waals surface area contributed by atoms with E-state index in [9.17, 15) is 0 Å². The van der Waals surface area contributed by atoms with Gasteiger partial charge < -0.3 is 19.3 Å². The Labute approximate surface area is 233 Å². The molecule has 0 bridgehead atoms. The van der Waals surface area contributed by atoms with Crippen LogP contribution in [0.1, 0.15) is 0 Å². The van der Waals surface area contributed by atoms with E-state index < -0.39 is 0 Å². The first-order valence-electron chi connectivity index (χ1n) is 13.3. The van der Waals surface area contributed by atoms with E-state index in [2.05, 4.69) is 70.5 Å². The van der Waals surface area contributed by atoms with Crippen LogP contribution in [-0.2, 0) is 0 Å². The van der Waals surface area contributed by atoms with E-state index >= 15 is 0 Å². The highest BCUT2D eigenvalue weighted by atomic mass is 16.6. The van der Waals surface area contributed by atoms with Crippen LogP contribution in [0.15, 0.2) is 158 Å². The van der Waals surface area contributed by atoms with Crippen LogP contribution in [-0.4, -0.2) is 0 Å². The quantitative estimate of drug-likeness (QED) is 0.219. The Bertz CT molecular complexity index is 1530. The van der Waals surface area contributed by atoms with Crippen LogP contribution in [0.2, 0.25) is 0 Å². The molecule has 192 valence electrons. The van der Waals surface area contributed by atoms with Gasteiger partial charge in [0.05, 0.1) is 11.4 Å². The first-order chi connectivity index (χ1) is 19.8. The SMILES string of the molecule is c1ccc(N(c2ccccc2)c2ccc3c(c2)Oc2ccc(N(c4ccccc4)c4ccccc4)cc2O3)cc1. The predicted molar refractivity (Wildman–Crippen MR) is 162 cm³/mol. The predicted octanol–water partition coefficient (Wildman–Crippen LogP) is 10.5. The fraction of sp³-hybridized carbons (Fsp3) is 0. The summed E-state index contributed by atoms with van der Waals surface area (Å²) in [4.78, 5) is 4.42. The fourth-order valence-electron chi connectivity index (χ4n) is 5.04. The van der Waals surface area contributed by atoms with Gasteiger partial charge in [0.15, 0.2) is 23.0 Å². The number of benzene rings is 6. The summed E-state index contributed by atoms with van der Waals surface area (Å²) in [5, 5.41) is 0. The Morgan fingerprint density at radius 3 is 0.875 bits per heavy atom. The van der Waals surface area contributed by atoms with Gasteiger partial charge >= 0.3 is 0 Å². The molecule has 0 saturated heterocycles. The van der Waals surface area contributed by atoms with Crippen LogP contribution in [0.5, 0.6) is 23.0 Å². The van der Waals surface area contributed by atoms with Crippen LogP contribution in [0.25, 0.3) is 0 Å². The normalized spacial score (nSPS) is 11.4. The molecule has 0 N–H and O–H groups in total. The maximum absolute atomic E-state index is 6.42. The number of ether oxygens (including phenoxy) is 2. The Morgan fingerprint density at radius 1 is 0.275 bits per heavy atom. The number of anilines is 6. The minimum Gasteiger partial charge on any atom is -0.449 e. The monoisotopic (exact) mass is 518 g/mol. The molecule has 0 fully saturated rings. The van der Waals surface area contributed by atoms with Crippen LogP contribution >= 0.6 is 0 Å². The van der Waals surface area contributed by atoms with Crippen molar-refractivity contribution in [3.63, 3.8) is 0 Å². The molecule has 4 nitrogen and oxygen atoms in total. The number of hydrogen-bond donors (Lipinski definition) is 0. The Morgan fingerprint density at radius 2 is 0.575 bits per heavy atom. The van der Waals surface area contributed by atoms with Gasteiger partial charge in [-0.05, 0) is 72.8 Å². The number of hydrogen-bond acceptors (Lipinski definition) is 4. The zero-order valence-corrected chi connectivity index (χ0v) is 21.7. The summed E-state index contributed by atoms with van der Waals surface area (Å²) >= 11 is 0. The number of fused-ring (bicyclic) bond motifs is 2. The van der Waals surface area contributed by atoms with Crippen LogP contribution in [0, 0.1) is 0 Å². The second kappa shape index (κ2) is 10.4. The zero-order chi connectivity index (χ0) is 26.7. The van der Waals surface area contributed by atoms with Crippen molar-refractivity contribution in [3.05, 3.63) is 158 Å². The highest BCUT2D eigenvalue weighted by molar-refractivity contribution is 5.80. The average molecular weight is 519 g/mol. The largest absolute Gasteiger partial charge is 0.449 e. The number of rotatable bonds is 6. The number of para-hydroxylation sites is 4. The third-order valence-corrected chi connectivity index (χ3v) is 6.87. The molecular formula is C36H26N2O2. The van der Waals surface area contributed by atoms with Crippen LogP contribution in [0.3, 0.4) is 0 Å². The molecule has 0 radical (unpaired) electrons. The molecule has 0 atom stereocenters. The average Bonchev–Trinajstić information content (AvgIpc) is 3.02. The summed E-state index contributed by atoms with van der Waals surface area (Å²) in [5.74, 6) is 2.72. The summed E-state index contributed by atoms with van der Waals surface area (Å²) < 4.78 is 12.8. The minimum absolute atomic E-state index is 0.678. The van der Waals surface area contributed by atoms with E-state index in [1.165, 1.54) is 0 Å². The Kier molecular flexibility index (Phi) is 6.11. The maximum Gasteiger partial charge on any atom is 0.172 e. The molecule has 4 heteroatoms. The van der Waals surface area contributed by atoms with Gasteiger partial charge in [0.1, 0.15) is 0 Å². The summed E-state index contributed by atoms with van der Waals surface area (Å²) in [7, 11) is 0. The summed E-state index contributed by atoms with van der Waals surface area (Å²) in [6.45, 7) is 0. The van der Waals surface area contributed by atoms with Crippen molar-refractivity contribution in [2.75, 3.05) is 9.80 Å². The topological polar surface area (TPSA) is 24.9 Å². The molecule has 7 rings (SSSR count). The molecule has 0 amide bonds. The molecule has 0 saturated carbocycles. The third-order valence-electron chi connectivity index (χ3n) is 6.87. The molecule has 1 aliphatic heterocycles. The van der Waals surface area contributed by atoms with E-state index in [4.69, 9.17) is 9.47 Å². The van der Waals surface area contributed by atoms with E-state index in [1.54, 1.807) is 0 Å². The summed E-state index contributed by atoms with van der Waals surface area (Å²) in [6, 6.07) is 53.5. The molecule has 1 aliphatic rings. The standard InChI is InChI=1S/C36H26N2O2/c1-5-13-27(14-6-1)37(28-15-7-2-8-16-28)31-21-23-33-35(25-31)39-34-24-22-32(26-36(34)40-33)38(29-17-9-3-10-18-29)30-19-11-4-12-20-30/h1-26H. The van der Waals surface area contributed by atoms with Crippen molar-refractivity contribution < 1.29 is 9.47 Å². The van der Waals surface area contributed by atoms with Gasteiger partial charge in [-0.2, -0.15) is 0 Å². The smallest absolute Gasteiger partial charge is 0.172 e. The van der Waals surface area contributed by atoms with Gasteiger partial charge in [-0.15, -0.1) is 0 Å². The van der Waals surface area contributed by atoms with Gasteiger partial charge in [-0.3, -0.25) is 0 Å². The van der Waals surface area contributed by atoms with E-state index in [1.807, 2.05) is 97.1 Å². The first kappa shape index (κ1) is 23.6. The lowest BCUT2D eigenvalue weighted by atomic mass is 10.1. The van der Waals surface area contributed by atoms with E-state index in [0.717, 1.165) is 34.1 Å². The molecule has 1 heterocycles. The second-order valence-electron chi connectivity index (χ2n) is 9.48. The van der Waals surface area contributed by atoms with Crippen molar-refractivity contribution in [1.82, 2.24) is 0 Å². The Balaban J connectivity index is 1.24. The van der Waals surface area contributed by atoms with Crippen molar-refractivity contribution in [2.45, 2.75) is 0 Å². The van der Waals surface area contributed by atoms with Crippen LogP contribution < -0.4 is 19.3 Å². The molecule has 0 aliphatic carbocycles. The third kappa shape index (κ3) is 4.52. The molecule has 0 unspecified atom stereocenters. The van der Waals surface area contributed by atoms with Crippen molar-refractivity contribution in [3.8, 4) is 23.0 Å². The van der Waals surface area contributed by atoms with Crippen molar-refractivity contribution >= 4 is 34.1 Å². The summed E-state index contributed by atoms with van der Waals surface area (Å²) in [6.07, 6.45) is 0. The Hall–Kier alpha value is -5.48. The van der Waals surface area contributed by atoms with Gasteiger partial charge in [0, 0.05) is 34.9 Å². The van der Waals surface area contributed by atoms with Gasteiger partial charge in [0.25, 0.3) is 0 Å². The lowest BCUT2D eigenvalue weighted by Crippen LogP contribution is -2.11. The molecular weight excluding hydrogens is 492 g/mol. The molecule has 6 aromatic carbocycles. The lowest BCUT2D eigenvalue weighted by molar-refractivity contribution is 0.360. The molecule has 0 spiro atoms. The van der Waals surface area contributed by atoms with Gasteiger partial charge in [0.2, 0.25) is 0 Å². The van der Waals surface area contributed by atoms with Crippen LogP contribution in [0.4, 0.5) is 34.1 Å². The van der Waals surface area contributed by atoms with E-state index in [-0.39, 0.29) is 0 Å². The van der Waals surface area contributed by atoms with E-state index in [0.29, 0.717) is 23.0 Å². The molecule has 6 aromatic rings. The first-order valence-corrected chi connectivity index (χ1v) is 13.3. The zero-order valence-electron chi connectivity index (χ0n) is 21.7. The van der Waals surface area contributed by atoms with Crippen molar-refractivity contribution in [1.29, 1.82) is 0 Å². The maximum atomic E-state index is 6.42. The highest BCUT2D eigenvalue weighted by Crippen LogP contribution is 2.50. The van der Waals surface area contributed by atoms with Gasteiger partial charge in [-0.1, -0.05) is 72.8 Å². The van der Waals surface area contributed by atoms with Crippen molar-refractivity contribution in [2.24, 2.45) is 0 Å². The fourth-order valence-corrected chi connectivity index (χ4v) is 5.04. The molecule has 0 aromatic heterocycles. The summed E-state index contributed by atoms with van der Waals surface area (Å²) in [5.41, 5.74) is 6.24. The minimum atomic E-state index is 0.678. The number of nitrogens with zero attached hydrogens (tertiary/aromatic N) is 2.